The quantitative estimate of drug-likeness (QED) is 0.403. The topological polar surface area (TPSA) is 70.7 Å². The largest absolute Gasteiger partial charge is 0.326 e. The Morgan fingerprint density at radius 3 is 2.32 bits per heavy atom. The van der Waals surface area contributed by atoms with Crippen molar-refractivity contribution in [1.29, 1.82) is 0 Å². The molecule has 0 fully saturated rings. The summed E-state index contributed by atoms with van der Waals surface area (Å²) in [5.41, 5.74) is 6.18. The smallest absolute Gasteiger partial charge is 0.262 e. The zero-order valence-electron chi connectivity index (χ0n) is 17.0. The summed E-state index contributed by atoms with van der Waals surface area (Å²) < 4.78 is 0. The second-order valence-electron chi connectivity index (χ2n) is 7.41. The van der Waals surface area contributed by atoms with E-state index in [1.807, 2.05) is 67.6 Å². The number of aromatic amines is 1. The number of rotatable bonds is 4. The molecule has 2 aromatic heterocycles. The SMILES string of the molecule is Cc1cccc(Nc2nc3nccc(-c4ccc(-c5ccccc5)cc4)c3c(=O)[nH]2)c1. The molecule has 5 rings (SSSR count). The first-order valence-corrected chi connectivity index (χ1v) is 10.1. The standard InChI is InChI=1S/C26H20N4O/c1-17-6-5-9-21(16-17)28-26-29-24-23(25(31)30-26)22(14-15-27-24)20-12-10-19(11-13-20)18-7-3-2-4-8-18/h2-16H,1H3,(H2,27,28,29,30,31). The predicted octanol–water partition coefficient (Wildman–Crippen LogP) is 5.70. The van der Waals surface area contributed by atoms with Crippen molar-refractivity contribution in [2.24, 2.45) is 0 Å². The number of aryl methyl sites for hydroxylation is 1. The molecular weight excluding hydrogens is 384 g/mol. The van der Waals surface area contributed by atoms with Crippen LogP contribution in [0.2, 0.25) is 0 Å². The minimum atomic E-state index is -0.226. The lowest BCUT2D eigenvalue weighted by Gasteiger charge is -2.10. The fourth-order valence-corrected chi connectivity index (χ4v) is 3.70. The van der Waals surface area contributed by atoms with Gasteiger partial charge in [0.25, 0.3) is 5.56 Å². The van der Waals surface area contributed by atoms with Gasteiger partial charge < -0.3 is 5.32 Å². The van der Waals surface area contributed by atoms with Gasteiger partial charge in [-0.2, -0.15) is 4.98 Å². The van der Waals surface area contributed by atoms with E-state index in [-0.39, 0.29) is 5.56 Å². The molecule has 150 valence electrons. The van der Waals surface area contributed by atoms with Crippen LogP contribution >= 0.6 is 0 Å². The molecule has 3 aromatic carbocycles. The minimum Gasteiger partial charge on any atom is -0.326 e. The minimum absolute atomic E-state index is 0.226. The number of H-pyrrole nitrogens is 1. The summed E-state index contributed by atoms with van der Waals surface area (Å²) in [6.07, 6.45) is 1.69. The zero-order chi connectivity index (χ0) is 21.2. The highest BCUT2D eigenvalue weighted by Crippen LogP contribution is 2.28. The van der Waals surface area contributed by atoms with Gasteiger partial charge in [-0.15, -0.1) is 0 Å². The summed E-state index contributed by atoms with van der Waals surface area (Å²) in [6, 6.07) is 28.1. The Hall–Kier alpha value is -4.25. The predicted molar refractivity (Wildman–Crippen MR) is 125 cm³/mol. The van der Waals surface area contributed by atoms with Gasteiger partial charge in [-0.25, -0.2) is 4.98 Å². The van der Waals surface area contributed by atoms with Crippen molar-refractivity contribution in [2.75, 3.05) is 5.32 Å². The third-order valence-electron chi connectivity index (χ3n) is 5.19. The number of nitrogens with zero attached hydrogens (tertiary/aromatic N) is 2. The molecule has 2 N–H and O–H groups in total. The Morgan fingerprint density at radius 1 is 0.806 bits per heavy atom. The maximum atomic E-state index is 13.0. The van der Waals surface area contributed by atoms with Crippen LogP contribution in [0.5, 0.6) is 0 Å². The van der Waals surface area contributed by atoms with Gasteiger partial charge in [-0.05, 0) is 52.9 Å². The molecule has 5 nitrogen and oxygen atoms in total. The average molecular weight is 404 g/mol. The van der Waals surface area contributed by atoms with E-state index in [4.69, 9.17) is 0 Å². The van der Waals surface area contributed by atoms with Crippen molar-refractivity contribution in [2.45, 2.75) is 6.92 Å². The molecule has 0 atom stereocenters. The summed E-state index contributed by atoms with van der Waals surface area (Å²) in [5.74, 6) is 0.368. The highest BCUT2D eigenvalue weighted by molar-refractivity contribution is 5.92. The Kier molecular flexibility index (Phi) is 4.77. The van der Waals surface area contributed by atoms with Crippen LogP contribution in [-0.2, 0) is 0 Å². The van der Waals surface area contributed by atoms with E-state index >= 15 is 0 Å². The molecule has 0 spiro atoms. The van der Waals surface area contributed by atoms with Gasteiger partial charge in [0, 0.05) is 11.9 Å². The second-order valence-corrected chi connectivity index (χ2v) is 7.41. The number of benzene rings is 3. The van der Waals surface area contributed by atoms with Crippen LogP contribution in [0.1, 0.15) is 5.56 Å². The van der Waals surface area contributed by atoms with Crippen molar-refractivity contribution in [1.82, 2.24) is 15.0 Å². The van der Waals surface area contributed by atoms with Crippen LogP contribution in [0.4, 0.5) is 11.6 Å². The normalized spacial score (nSPS) is 10.9. The summed E-state index contributed by atoms with van der Waals surface area (Å²) in [4.78, 5) is 24.7. The molecule has 0 radical (unpaired) electrons. The molecule has 0 saturated carbocycles. The summed E-state index contributed by atoms with van der Waals surface area (Å²) in [7, 11) is 0. The maximum Gasteiger partial charge on any atom is 0.262 e. The van der Waals surface area contributed by atoms with Crippen molar-refractivity contribution in [3.63, 3.8) is 0 Å². The number of aromatic nitrogens is 3. The van der Waals surface area contributed by atoms with E-state index in [1.165, 1.54) is 0 Å². The molecule has 0 amide bonds. The first-order chi connectivity index (χ1) is 15.2. The fraction of sp³-hybridized carbons (Fsp3) is 0.0385. The van der Waals surface area contributed by atoms with Gasteiger partial charge in [-0.3, -0.25) is 9.78 Å². The lowest BCUT2D eigenvalue weighted by molar-refractivity contribution is 1.14. The van der Waals surface area contributed by atoms with Gasteiger partial charge in [0.1, 0.15) is 0 Å². The van der Waals surface area contributed by atoms with Gasteiger partial charge in [0.2, 0.25) is 5.95 Å². The molecule has 2 heterocycles. The molecule has 31 heavy (non-hydrogen) atoms. The van der Waals surface area contributed by atoms with Crippen LogP contribution in [0.3, 0.4) is 0 Å². The Bertz CT molecular complexity index is 1420. The Morgan fingerprint density at radius 2 is 1.55 bits per heavy atom. The fourth-order valence-electron chi connectivity index (χ4n) is 3.70. The Balaban J connectivity index is 1.53. The van der Waals surface area contributed by atoms with E-state index in [1.54, 1.807) is 6.20 Å². The monoisotopic (exact) mass is 404 g/mol. The molecular formula is C26H20N4O. The van der Waals surface area contributed by atoms with E-state index < -0.39 is 0 Å². The number of anilines is 2. The van der Waals surface area contributed by atoms with Gasteiger partial charge in [0.15, 0.2) is 5.65 Å². The first-order valence-electron chi connectivity index (χ1n) is 10.1. The second kappa shape index (κ2) is 7.88. The third-order valence-corrected chi connectivity index (χ3v) is 5.19. The van der Waals surface area contributed by atoms with Crippen LogP contribution in [0.15, 0.2) is 95.9 Å². The van der Waals surface area contributed by atoms with Crippen LogP contribution < -0.4 is 10.9 Å². The van der Waals surface area contributed by atoms with Gasteiger partial charge >= 0.3 is 0 Å². The molecule has 0 aliphatic carbocycles. The molecule has 0 aliphatic rings. The van der Waals surface area contributed by atoms with Crippen LogP contribution in [0.25, 0.3) is 33.3 Å². The van der Waals surface area contributed by atoms with Crippen molar-refractivity contribution in [3.05, 3.63) is 107 Å². The first kappa shape index (κ1) is 18.8. The number of hydrogen-bond donors (Lipinski definition) is 2. The molecule has 0 saturated heterocycles. The highest BCUT2D eigenvalue weighted by atomic mass is 16.1. The van der Waals surface area contributed by atoms with Crippen LogP contribution in [-0.4, -0.2) is 15.0 Å². The van der Waals surface area contributed by atoms with Crippen LogP contribution in [0, 0.1) is 6.92 Å². The molecule has 0 bridgehead atoms. The highest BCUT2D eigenvalue weighted by Gasteiger charge is 2.12. The molecule has 0 aliphatic heterocycles. The Labute approximate surface area is 179 Å². The molecule has 0 unspecified atom stereocenters. The lowest BCUT2D eigenvalue weighted by atomic mass is 9.99. The third kappa shape index (κ3) is 3.81. The lowest BCUT2D eigenvalue weighted by Crippen LogP contribution is -2.13. The molecule has 5 aromatic rings. The van der Waals surface area contributed by atoms with Crippen molar-refractivity contribution >= 4 is 22.7 Å². The van der Waals surface area contributed by atoms with E-state index in [9.17, 15) is 4.79 Å². The number of pyridine rings is 1. The van der Waals surface area contributed by atoms with Gasteiger partial charge in [0.05, 0.1) is 5.39 Å². The molecule has 5 heteroatoms. The van der Waals surface area contributed by atoms with E-state index in [0.717, 1.165) is 33.5 Å². The maximum absolute atomic E-state index is 13.0. The van der Waals surface area contributed by atoms with Crippen molar-refractivity contribution < 1.29 is 0 Å². The summed E-state index contributed by atoms with van der Waals surface area (Å²) in [6.45, 7) is 2.01. The zero-order valence-corrected chi connectivity index (χ0v) is 17.0. The van der Waals surface area contributed by atoms with Crippen molar-refractivity contribution in [3.8, 4) is 22.3 Å². The van der Waals surface area contributed by atoms with E-state index in [2.05, 4.69) is 44.5 Å². The van der Waals surface area contributed by atoms with E-state index in [0.29, 0.717) is 17.0 Å². The number of nitrogens with one attached hydrogen (secondary N) is 2. The number of fused-ring (bicyclic) bond motifs is 1. The van der Waals surface area contributed by atoms with Gasteiger partial charge in [-0.1, -0.05) is 66.7 Å². The summed E-state index contributed by atoms with van der Waals surface area (Å²) >= 11 is 0. The number of hydrogen-bond acceptors (Lipinski definition) is 4. The average Bonchev–Trinajstić information content (AvgIpc) is 2.79. The summed E-state index contributed by atoms with van der Waals surface area (Å²) in [5, 5.41) is 3.63.